The summed E-state index contributed by atoms with van der Waals surface area (Å²) in [5.74, 6) is 0.644. The van der Waals surface area contributed by atoms with Crippen LogP contribution in [0.3, 0.4) is 0 Å². The van der Waals surface area contributed by atoms with Crippen LogP contribution in [0.2, 0.25) is 0 Å². The summed E-state index contributed by atoms with van der Waals surface area (Å²) in [4.78, 5) is 4.35. The highest BCUT2D eigenvalue weighted by atomic mass is 16.3. The van der Waals surface area contributed by atoms with Crippen molar-refractivity contribution < 1.29 is 5.11 Å². The molecule has 1 heterocycles. The fourth-order valence-electron chi connectivity index (χ4n) is 2.96. The second kappa shape index (κ2) is 6.59. The first-order valence-corrected chi connectivity index (χ1v) is 7.67. The first kappa shape index (κ1) is 14.6. The number of hydrogen-bond donors (Lipinski definition) is 2. The minimum atomic E-state index is -0.183. The van der Waals surface area contributed by atoms with Crippen LogP contribution in [0.4, 0.5) is 5.82 Å². The number of nitriles is 1. The zero-order chi connectivity index (χ0) is 15.4. The molecule has 0 saturated heterocycles. The van der Waals surface area contributed by atoms with E-state index in [1.165, 1.54) is 0 Å². The third kappa shape index (κ3) is 3.10. The minimum Gasteiger partial charge on any atom is -0.393 e. The van der Waals surface area contributed by atoms with E-state index in [1.807, 2.05) is 36.4 Å². The predicted molar refractivity (Wildman–Crippen MR) is 86.3 cm³/mol. The quantitative estimate of drug-likeness (QED) is 0.910. The normalized spacial score (nSPS) is 21.1. The van der Waals surface area contributed by atoms with Crippen molar-refractivity contribution in [1.29, 1.82) is 5.26 Å². The maximum absolute atomic E-state index is 9.59. The van der Waals surface area contributed by atoms with E-state index >= 15 is 0 Å². The number of aliphatic hydroxyl groups is 1. The van der Waals surface area contributed by atoms with Gasteiger partial charge in [-0.3, -0.25) is 0 Å². The second-order valence-corrected chi connectivity index (χ2v) is 5.71. The van der Waals surface area contributed by atoms with Crippen molar-refractivity contribution in [3.63, 3.8) is 0 Å². The standard InChI is InChI=1S/C18H19N3O/c19-12-17-16(13-4-2-1-3-5-13)10-11-20-18(17)21-14-6-8-15(22)9-7-14/h1-5,10-11,14-15,22H,6-9H2,(H,20,21). The summed E-state index contributed by atoms with van der Waals surface area (Å²) in [6.07, 6.45) is 4.98. The molecule has 1 saturated carbocycles. The summed E-state index contributed by atoms with van der Waals surface area (Å²) in [6, 6.07) is 14.3. The molecule has 0 aliphatic heterocycles. The Balaban J connectivity index is 1.88. The number of aromatic nitrogens is 1. The number of rotatable bonds is 3. The summed E-state index contributed by atoms with van der Waals surface area (Å²) in [7, 11) is 0. The van der Waals surface area contributed by atoms with Crippen LogP contribution in [0.5, 0.6) is 0 Å². The van der Waals surface area contributed by atoms with Crippen molar-refractivity contribution in [3.05, 3.63) is 48.2 Å². The molecule has 112 valence electrons. The van der Waals surface area contributed by atoms with Gasteiger partial charge in [0.2, 0.25) is 0 Å². The van der Waals surface area contributed by atoms with E-state index in [4.69, 9.17) is 0 Å². The highest BCUT2D eigenvalue weighted by Gasteiger charge is 2.21. The molecule has 0 atom stereocenters. The van der Waals surface area contributed by atoms with Gasteiger partial charge in [0.15, 0.2) is 0 Å². The zero-order valence-corrected chi connectivity index (χ0v) is 12.4. The topological polar surface area (TPSA) is 68.9 Å². The van der Waals surface area contributed by atoms with Gasteiger partial charge in [0.1, 0.15) is 17.5 Å². The van der Waals surface area contributed by atoms with Crippen molar-refractivity contribution in [3.8, 4) is 17.2 Å². The van der Waals surface area contributed by atoms with Gasteiger partial charge in [-0.15, -0.1) is 0 Å². The molecule has 0 amide bonds. The Kier molecular flexibility index (Phi) is 4.36. The molecule has 1 aromatic carbocycles. The molecule has 3 rings (SSSR count). The first-order valence-electron chi connectivity index (χ1n) is 7.67. The van der Waals surface area contributed by atoms with Crippen LogP contribution < -0.4 is 5.32 Å². The molecule has 1 aliphatic carbocycles. The minimum absolute atomic E-state index is 0.183. The highest BCUT2D eigenvalue weighted by molar-refractivity contribution is 5.75. The van der Waals surface area contributed by atoms with Crippen molar-refractivity contribution >= 4 is 5.82 Å². The van der Waals surface area contributed by atoms with E-state index in [0.29, 0.717) is 11.4 Å². The van der Waals surface area contributed by atoms with Crippen LogP contribution in [0.1, 0.15) is 31.2 Å². The van der Waals surface area contributed by atoms with Crippen LogP contribution >= 0.6 is 0 Å². The maximum atomic E-state index is 9.59. The molecular weight excluding hydrogens is 274 g/mol. The van der Waals surface area contributed by atoms with Gasteiger partial charge in [0.05, 0.1) is 6.10 Å². The summed E-state index contributed by atoms with van der Waals surface area (Å²) in [5, 5.41) is 22.5. The van der Waals surface area contributed by atoms with E-state index in [9.17, 15) is 10.4 Å². The number of hydrogen-bond acceptors (Lipinski definition) is 4. The monoisotopic (exact) mass is 293 g/mol. The molecule has 4 heteroatoms. The van der Waals surface area contributed by atoms with E-state index < -0.39 is 0 Å². The summed E-state index contributed by atoms with van der Waals surface area (Å²) < 4.78 is 0. The summed E-state index contributed by atoms with van der Waals surface area (Å²) >= 11 is 0. The van der Waals surface area contributed by atoms with E-state index in [-0.39, 0.29) is 12.1 Å². The van der Waals surface area contributed by atoms with Crippen molar-refractivity contribution in [1.82, 2.24) is 4.98 Å². The Hall–Kier alpha value is -2.38. The molecule has 0 radical (unpaired) electrons. The van der Waals surface area contributed by atoms with Crippen LogP contribution in [0.15, 0.2) is 42.6 Å². The van der Waals surface area contributed by atoms with Crippen molar-refractivity contribution in [2.75, 3.05) is 5.32 Å². The molecule has 0 unspecified atom stereocenters. The number of anilines is 1. The van der Waals surface area contributed by atoms with Gasteiger partial charge < -0.3 is 10.4 Å². The molecule has 1 aromatic heterocycles. The van der Waals surface area contributed by atoms with E-state index in [1.54, 1.807) is 6.20 Å². The van der Waals surface area contributed by atoms with Gasteiger partial charge in [0.25, 0.3) is 0 Å². The molecular formula is C18H19N3O. The average molecular weight is 293 g/mol. The van der Waals surface area contributed by atoms with Crippen molar-refractivity contribution in [2.24, 2.45) is 0 Å². The SMILES string of the molecule is N#Cc1c(-c2ccccc2)ccnc1NC1CCC(O)CC1. The van der Waals surface area contributed by atoms with Gasteiger partial charge in [0, 0.05) is 17.8 Å². The van der Waals surface area contributed by atoms with Gasteiger partial charge >= 0.3 is 0 Å². The lowest BCUT2D eigenvalue weighted by molar-refractivity contribution is 0.126. The molecule has 22 heavy (non-hydrogen) atoms. The average Bonchev–Trinajstić information content (AvgIpc) is 2.57. The molecule has 4 nitrogen and oxygen atoms in total. The Morgan fingerprint density at radius 1 is 1.09 bits per heavy atom. The molecule has 0 bridgehead atoms. The Labute approximate surface area is 130 Å². The van der Waals surface area contributed by atoms with Gasteiger partial charge in [-0.25, -0.2) is 4.98 Å². The first-order chi connectivity index (χ1) is 10.8. The third-order valence-electron chi connectivity index (χ3n) is 4.19. The smallest absolute Gasteiger partial charge is 0.144 e. The lowest BCUT2D eigenvalue weighted by atomic mass is 9.93. The van der Waals surface area contributed by atoms with Gasteiger partial charge in [-0.2, -0.15) is 5.26 Å². The molecule has 1 fully saturated rings. The summed E-state index contributed by atoms with van der Waals surface area (Å²) in [6.45, 7) is 0. The van der Waals surface area contributed by atoms with Gasteiger partial charge in [-0.05, 0) is 37.3 Å². The van der Waals surface area contributed by atoms with E-state index in [0.717, 1.165) is 36.8 Å². The van der Waals surface area contributed by atoms with Crippen LogP contribution in [-0.4, -0.2) is 22.2 Å². The molecule has 0 spiro atoms. The molecule has 2 aromatic rings. The van der Waals surface area contributed by atoms with Crippen molar-refractivity contribution in [2.45, 2.75) is 37.8 Å². The van der Waals surface area contributed by atoms with Crippen LogP contribution in [-0.2, 0) is 0 Å². The lowest BCUT2D eigenvalue weighted by Gasteiger charge is -2.27. The Morgan fingerprint density at radius 2 is 1.82 bits per heavy atom. The van der Waals surface area contributed by atoms with Gasteiger partial charge in [-0.1, -0.05) is 30.3 Å². The number of pyridine rings is 1. The lowest BCUT2D eigenvalue weighted by Crippen LogP contribution is -2.28. The fraction of sp³-hybridized carbons (Fsp3) is 0.333. The highest BCUT2D eigenvalue weighted by Crippen LogP contribution is 2.29. The van der Waals surface area contributed by atoms with Crippen LogP contribution in [0, 0.1) is 11.3 Å². The third-order valence-corrected chi connectivity index (χ3v) is 4.19. The maximum Gasteiger partial charge on any atom is 0.144 e. The Bertz CT molecular complexity index is 670. The number of aliphatic hydroxyl groups excluding tert-OH is 1. The molecule has 1 aliphatic rings. The largest absolute Gasteiger partial charge is 0.393 e. The van der Waals surface area contributed by atoms with E-state index in [2.05, 4.69) is 16.4 Å². The predicted octanol–water partition coefficient (Wildman–Crippen LogP) is 3.34. The zero-order valence-electron chi connectivity index (χ0n) is 12.4. The summed E-state index contributed by atoms with van der Waals surface area (Å²) in [5.41, 5.74) is 2.50. The van der Waals surface area contributed by atoms with Crippen LogP contribution in [0.25, 0.3) is 11.1 Å². The number of benzene rings is 1. The number of nitrogens with zero attached hydrogens (tertiary/aromatic N) is 2. The number of nitrogens with one attached hydrogen (secondary N) is 1. The Morgan fingerprint density at radius 3 is 2.50 bits per heavy atom. The second-order valence-electron chi connectivity index (χ2n) is 5.71. The fourth-order valence-corrected chi connectivity index (χ4v) is 2.96. The molecule has 2 N–H and O–H groups in total.